The summed E-state index contributed by atoms with van der Waals surface area (Å²) in [5.74, 6) is 0.487. The molecule has 1 unspecified atom stereocenters. The van der Waals surface area contributed by atoms with Gasteiger partial charge in [-0.1, -0.05) is 6.07 Å². The van der Waals surface area contributed by atoms with E-state index in [1.54, 1.807) is 20.8 Å². The number of nitrogens with zero attached hydrogens (tertiary/aromatic N) is 1. The fourth-order valence-electron chi connectivity index (χ4n) is 2.58. The molecule has 2 aromatic rings. The minimum absolute atomic E-state index is 0.167. The molecule has 0 saturated heterocycles. The molecule has 0 fully saturated rings. The van der Waals surface area contributed by atoms with E-state index in [1.807, 2.05) is 18.2 Å². The topological polar surface area (TPSA) is 87.2 Å². The van der Waals surface area contributed by atoms with Gasteiger partial charge < -0.3 is 20.1 Å². The SMILES string of the molecule is CC(C)(C)OC(=O)NC(CCCCF)c1ccc2[nH]c(CO)nc2c1. The molecule has 25 heavy (non-hydrogen) atoms. The lowest BCUT2D eigenvalue weighted by Crippen LogP contribution is -2.35. The normalized spacial score (nSPS) is 13.0. The molecule has 1 atom stereocenters. The second-order valence-electron chi connectivity index (χ2n) is 7.00. The van der Waals surface area contributed by atoms with Crippen molar-refractivity contribution < 1.29 is 19.0 Å². The van der Waals surface area contributed by atoms with Gasteiger partial charge in [0.25, 0.3) is 0 Å². The summed E-state index contributed by atoms with van der Waals surface area (Å²) in [6.07, 6.45) is 1.20. The molecular weight excluding hydrogens is 325 g/mol. The van der Waals surface area contributed by atoms with E-state index in [-0.39, 0.29) is 19.3 Å². The van der Waals surface area contributed by atoms with Crippen molar-refractivity contribution in [2.24, 2.45) is 0 Å². The Hall–Kier alpha value is -2.15. The van der Waals surface area contributed by atoms with E-state index >= 15 is 0 Å². The number of H-pyrrole nitrogens is 1. The average molecular weight is 351 g/mol. The Morgan fingerprint density at radius 3 is 2.80 bits per heavy atom. The summed E-state index contributed by atoms with van der Waals surface area (Å²) in [5, 5.41) is 12.0. The predicted octanol–water partition coefficient (Wildman–Crippen LogP) is 3.76. The van der Waals surface area contributed by atoms with Crippen LogP contribution in [0.3, 0.4) is 0 Å². The van der Waals surface area contributed by atoms with Gasteiger partial charge >= 0.3 is 6.09 Å². The highest BCUT2D eigenvalue weighted by Gasteiger charge is 2.21. The Bertz CT molecular complexity index is 709. The van der Waals surface area contributed by atoms with Crippen LogP contribution in [0.2, 0.25) is 0 Å². The first-order valence-corrected chi connectivity index (χ1v) is 8.47. The molecule has 1 aromatic carbocycles. The maximum absolute atomic E-state index is 12.4. The van der Waals surface area contributed by atoms with Crippen LogP contribution in [-0.2, 0) is 11.3 Å². The number of carbonyl (C=O) groups is 1. The average Bonchev–Trinajstić information content (AvgIpc) is 2.94. The molecule has 0 aliphatic carbocycles. The fourth-order valence-corrected chi connectivity index (χ4v) is 2.58. The third kappa shape index (κ3) is 5.70. The lowest BCUT2D eigenvalue weighted by atomic mass is 10.0. The van der Waals surface area contributed by atoms with Gasteiger partial charge in [0.2, 0.25) is 0 Å². The first-order valence-electron chi connectivity index (χ1n) is 8.47. The number of benzene rings is 1. The number of rotatable bonds is 7. The summed E-state index contributed by atoms with van der Waals surface area (Å²) in [5.41, 5.74) is 1.80. The molecule has 0 aliphatic rings. The summed E-state index contributed by atoms with van der Waals surface area (Å²) in [7, 11) is 0. The van der Waals surface area contributed by atoms with Gasteiger partial charge in [-0.25, -0.2) is 9.78 Å². The Morgan fingerprint density at radius 2 is 2.16 bits per heavy atom. The number of alkyl halides is 1. The van der Waals surface area contributed by atoms with Crippen LogP contribution >= 0.6 is 0 Å². The summed E-state index contributed by atoms with van der Waals surface area (Å²) >= 11 is 0. The molecule has 1 aromatic heterocycles. The summed E-state index contributed by atoms with van der Waals surface area (Å²) < 4.78 is 17.8. The molecule has 0 aliphatic heterocycles. The third-order valence-electron chi connectivity index (χ3n) is 3.68. The summed E-state index contributed by atoms with van der Waals surface area (Å²) in [6.45, 7) is 4.86. The van der Waals surface area contributed by atoms with Crippen LogP contribution in [0.4, 0.5) is 9.18 Å². The van der Waals surface area contributed by atoms with Gasteiger partial charge in [0.05, 0.1) is 23.7 Å². The number of hydrogen-bond donors (Lipinski definition) is 3. The lowest BCUT2D eigenvalue weighted by molar-refractivity contribution is 0.0500. The van der Waals surface area contributed by atoms with Crippen molar-refractivity contribution in [3.05, 3.63) is 29.6 Å². The van der Waals surface area contributed by atoms with Crippen molar-refractivity contribution in [1.29, 1.82) is 0 Å². The number of aliphatic hydroxyl groups excluding tert-OH is 1. The largest absolute Gasteiger partial charge is 0.444 e. The number of nitrogens with one attached hydrogen (secondary N) is 2. The Labute approximate surface area is 146 Å². The molecule has 0 bridgehead atoms. The quantitative estimate of drug-likeness (QED) is 0.663. The van der Waals surface area contributed by atoms with E-state index in [0.717, 1.165) is 11.1 Å². The second-order valence-corrected chi connectivity index (χ2v) is 7.00. The van der Waals surface area contributed by atoms with E-state index < -0.39 is 11.7 Å². The van der Waals surface area contributed by atoms with Crippen LogP contribution in [0, 0.1) is 0 Å². The van der Waals surface area contributed by atoms with E-state index in [2.05, 4.69) is 15.3 Å². The zero-order valence-corrected chi connectivity index (χ0v) is 14.9. The van der Waals surface area contributed by atoms with Gasteiger partial charge in [-0.3, -0.25) is 4.39 Å². The highest BCUT2D eigenvalue weighted by Crippen LogP contribution is 2.24. The van der Waals surface area contributed by atoms with Crippen molar-refractivity contribution in [3.8, 4) is 0 Å². The highest BCUT2D eigenvalue weighted by molar-refractivity contribution is 5.76. The van der Waals surface area contributed by atoms with Crippen molar-refractivity contribution >= 4 is 17.1 Å². The summed E-state index contributed by atoms with van der Waals surface area (Å²) in [4.78, 5) is 19.4. The number of aromatic nitrogens is 2. The molecule has 3 N–H and O–H groups in total. The van der Waals surface area contributed by atoms with E-state index in [9.17, 15) is 14.3 Å². The molecule has 138 valence electrons. The Morgan fingerprint density at radius 1 is 1.40 bits per heavy atom. The van der Waals surface area contributed by atoms with Crippen molar-refractivity contribution in [1.82, 2.24) is 15.3 Å². The monoisotopic (exact) mass is 351 g/mol. The molecular formula is C18H26FN3O3. The Kier molecular flexibility index (Phi) is 6.36. The number of carbonyl (C=O) groups excluding carboxylic acids is 1. The molecule has 0 spiro atoms. The number of ether oxygens (including phenoxy) is 1. The van der Waals surface area contributed by atoms with Crippen LogP contribution in [0.25, 0.3) is 11.0 Å². The molecule has 1 amide bonds. The van der Waals surface area contributed by atoms with Crippen LogP contribution in [0.1, 0.15) is 57.5 Å². The smallest absolute Gasteiger partial charge is 0.408 e. The van der Waals surface area contributed by atoms with Gasteiger partial charge in [-0.05, 0) is 57.7 Å². The van der Waals surface area contributed by atoms with E-state index in [4.69, 9.17) is 4.74 Å². The number of unbranched alkanes of at least 4 members (excludes halogenated alkanes) is 1. The maximum atomic E-state index is 12.4. The van der Waals surface area contributed by atoms with Gasteiger partial charge in [0, 0.05) is 0 Å². The molecule has 1 heterocycles. The van der Waals surface area contributed by atoms with Gasteiger partial charge in [-0.2, -0.15) is 0 Å². The molecule has 7 heteroatoms. The number of aromatic amines is 1. The standard InChI is InChI=1S/C18H26FN3O3/c1-18(2,3)25-17(24)22-13(6-4-5-9-19)12-7-8-14-15(10-12)21-16(11-23)20-14/h7-8,10,13,23H,4-6,9,11H2,1-3H3,(H,20,21)(H,22,24). The highest BCUT2D eigenvalue weighted by atomic mass is 19.1. The molecule has 0 radical (unpaired) electrons. The Balaban J connectivity index is 2.19. The summed E-state index contributed by atoms with van der Waals surface area (Å²) in [6, 6.07) is 5.32. The minimum atomic E-state index is -0.588. The number of alkyl carbamates (subject to hydrolysis) is 1. The predicted molar refractivity (Wildman–Crippen MR) is 94.0 cm³/mol. The zero-order chi connectivity index (χ0) is 18.4. The number of aliphatic hydroxyl groups is 1. The number of halogens is 1. The van der Waals surface area contributed by atoms with Crippen molar-refractivity contribution in [2.75, 3.05) is 6.67 Å². The van der Waals surface area contributed by atoms with Gasteiger partial charge in [0.15, 0.2) is 0 Å². The maximum Gasteiger partial charge on any atom is 0.408 e. The second kappa shape index (κ2) is 8.29. The van der Waals surface area contributed by atoms with Crippen molar-refractivity contribution in [3.63, 3.8) is 0 Å². The fraction of sp³-hybridized carbons (Fsp3) is 0.556. The number of fused-ring (bicyclic) bond motifs is 1. The minimum Gasteiger partial charge on any atom is -0.444 e. The molecule has 2 rings (SSSR count). The van der Waals surface area contributed by atoms with Crippen LogP contribution < -0.4 is 5.32 Å². The molecule has 6 nitrogen and oxygen atoms in total. The number of hydrogen-bond acceptors (Lipinski definition) is 4. The van der Waals surface area contributed by atoms with Gasteiger partial charge in [-0.15, -0.1) is 0 Å². The van der Waals surface area contributed by atoms with Crippen LogP contribution in [0.15, 0.2) is 18.2 Å². The lowest BCUT2D eigenvalue weighted by Gasteiger charge is -2.24. The van der Waals surface area contributed by atoms with Crippen LogP contribution in [-0.4, -0.2) is 33.4 Å². The first kappa shape index (κ1) is 19.2. The number of amides is 1. The van der Waals surface area contributed by atoms with Gasteiger partial charge in [0.1, 0.15) is 18.0 Å². The molecule has 0 saturated carbocycles. The zero-order valence-electron chi connectivity index (χ0n) is 14.9. The van der Waals surface area contributed by atoms with E-state index in [0.29, 0.717) is 30.6 Å². The number of imidazole rings is 1. The first-order chi connectivity index (χ1) is 11.8. The van der Waals surface area contributed by atoms with Crippen molar-refractivity contribution in [2.45, 2.75) is 58.3 Å². The third-order valence-corrected chi connectivity index (χ3v) is 3.68. The van der Waals surface area contributed by atoms with Crippen LogP contribution in [0.5, 0.6) is 0 Å². The van der Waals surface area contributed by atoms with E-state index in [1.165, 1.54) is 0 Å².